The van der Waals surface area contributed by atoms with E-state index in [1.54, 1.807) is 7.05 Å². The van der Waals surface area contributed by atoms with E-state index in [0.717, 1.165) is 11.1 Å². The van der Waals surface area contributed by atoms with Crippen LogP contribution in [0, 0.1) is 0 Å². The molecule has 2 aromatic carbocycles. The van der Waals surface area contributed by atoms with E-state index in [1.807, 2.05) is 37.3 Å². The van der Waals surface area contributed by atoms with E-state index in [9.17, 15) is 4.79 Å². The lowest BCUT2D eigenvalue weighted by Gasteiger charge is -2.15. The van der Waals surface area contributed by atoms with E-state index < -0.39 is 0 Å². The van der Waals surface area contributed by atoms with Crippen LogP contribution in [0.4, 0.5) is 5.69 Å². The van der Waals surface area contributed by atoms with E-state index in [1.165, 1.54) is 5.39 Å². The first-order chi connectivity index (χ1) is 8.22. The number of rotatable bonds is 3. The van der Waals surface area contributed by atoms with Gasteiger partial charge in [0.15, 0.2) is 0 Å². The van der Waals surface area contributed by atoms with E-state index in [4.69, 9.17) is 0 Å². The number of hydrogen-bond acceptors (Lipinski definition) is 2. The van der Waals surface area contributed by atoms with Gasteiger partial charge < -0.3 is 10.6 Å². The Morgan fingerprint density at radius 2 is 1.82 bits per heavy atom. The van der Waals surface area contributed by atoms with Crippen molar-refractivity contribution in [3.05, 3.63) is 42.5 Å². The summed E-state index contributed by atoms with van der Waals surface area (Å²) in [7, 11) is 1.64. The van der Waals surface area contributed by atoms with Crippen LogP contribution in [0.2, 0.25) is 0 Å². The second-order valence-electron chi connectivity index (χ2n) is 4.01. The average Bonchev–Trinajstić information content (AvgIpc) is 2.38. The maximum atomic E-state index is 11.5. The molecular formula is C14H16N2O. The average molecular weight is 228 g/mol. The number of carbonyl (C=O) groups excluding carboxylic acids is 1. The first-order valence-corrected chi connectivity index (χ1v) is 5.68. The van der Waals surface area contributed by atoms with Gasteiger partial charge in [0.1, 0.15) is 6.04 Å². The van der Waals surface area contributed by atoms with E-state index in [0.29, 0.717) is 0 Å². The van der Waals surface area contributed by atoms with Crippen LogP contribution in [0.3, 0.4) is 0 Å². The lowest BCUT2D eigenvalue weighted by molar-refractivity contribution is -0.121. The van der Waals surface area contributed by atoms with Crippen molar-refractivity contribution in [2.24, 2.45) is 0 Å². The van der Waals surface area contributed by atoms with Gasteiger partial charge in [0.05, 0.1) is 0 Å². The predicted octanol–water partition coefficient (Wildman–Crippen LogP) is 2.39. The molecule has 0 aliphatic rings. The molecule has 1 atom stereocenters. The standard InChI is InChI=1S/C14H16N2O/c1-10(14(17)15-2)16-13-9-5-7-11-6-3-4-8-12(11)13/h3-10,16H,1-2H3,(H,15,17). The molecule has 0 fully saturated rings. The van der Waals surface area contributed by atoms with Gasteiger partial charge in [-0.25, -0.2) is 0 Å². The van der Waals surface area contributed by atoms with Crippen molar-refractivity contribution in [3.8, 4) is 0 Å². The van der Waals surface area contributed by atoms with Gasteiger partial charge in [-0.15, -0.1) is 0 Å². The minimum atomic E-state index is -0.245. The molecule has 17 heavy (non-hydrogen) atoms. The molecule has 0 bridgehead atoms. The third-order valence-corrected chi connectivity index (χ3v) is 2.80. The van der Waals surface area contributed by atoms with Crippen LogP contribution in [0.25, 0.3) is 10.8 Å². The number of fused-ring (bicyclic) bond motifs is 1. The Bertz CT molecular complexity index is 531. The fourth-order valence-corrected chi connectivity index (χ4v) is 1.87. The molecule has 1 amide bonds. The smallest absolute Gasteiger partial charge is 0.241 e. The molecule has 2 aromatic rings. The van der Waals surface area contributed by atoms with Gasteiger partial charge in [-0.05, 0) is 18.4 Å². The van der Waals surface area contributed by atoms with Gasteiger partial charge in [-0.1, -0.05) is 36.4 Å². The first kappa shape index (κ1) is 11.5. The third-order valence-electron chi connectivity index (χ3n) is 2.80. The maximum Gasteiger partial charge on any atom is 0.241 e. The molecule has 0 aliphatic carbocycles. The molecule has 0 radical (unpaired) electrons. The fraction of sp³-hybridized carbons (Fsp3) is 0.214. The summed E-state index contributed by atoms with van der Waals surface area (Å²) in [6, 6.07) is 13.9. The molecule has 3 heteroatoms. The summed E-state index contributed by atoms with van der Waals surface area (Å²) in [5, 5.41) is 8.15. The number of anilines is 1. The Morgan fingerprint density at radius 3 is 2.59 bits per heavy atom. The zero-order valence-corrected chi connectivity index (χ0v) is 10.0. The molecule has 0 aliphatic heterocycles. The van der Waals surface area contributed by atoms with Crippen LogP contribution in [0.5, 0.6) is 0 Å². The Hall–Kier alpha value is -2.03. The number of likely N-dealkylation sites (N-methyl/N-ethyl adjacent to an activating group) is 1. The Balaban J connectivity index is 2.33. The number of benzene rings is 2. The van der Waals surface area contributed by atoms with E-state index in [-0.39, 0.29) is 11.9 Å². The maximum absolute atomic E-state index is 11.5. The SMILES string of the molecule is CNC(=O)C(C)Nc1cccc2ccccc12. The van der Waals surface area contributed by atoms with E-state index in [2.05, 4.69) is 22.8 Å². The molecule has 88 valence electrons. The van der Waals surface area contributed by atoms with Crippen LogP contribution in [-0.4, -0.2) is 19.0 Å². The van der Waals surface area contributed by atoms with Crippen LogP contribution >= 0.6 is 0 Å². The minimum Gasteiger partial charge on any atom is -0.373 e. The van der Waals surface area contributed by atoms with Crippen molar-refractivity contribution in [2.45, 2.75) is 13.0 Å². The summed E-state index contributed by atoms with van der Waals surface area (Å²) < 4.78 is 0. The van der Waals surface area contributed by atoms with Crippen LogP contribution in [-0.2, 0) is 4.79 Å². The molecular weight excluding hydrogens is 212 g/mol. The van der Waals surface area contributed by atoms with Gasteiger partial charge in [-0.3, -0.25) is 4.79 Å². The summed E-state index contributed by atoms with van der Waals surface area (Å²) in [6.07, 6.45) is 0. The number of hydrogen-bond donors (Lipinski definition) is 2. The van der Waals surface area contributed by atoms with Crippen LogP contribution in [0.1, 0.15) is 6.92 Å². The summed E-state index contributed by atoms with van der Waals surface area (Å²) >= 11 is 0. The normalized spacial score (nSPS) is 12.1. The topological polar surface area (TPSA) is 41.1 Å². The lowest BCUT2D eigenvalue weighted by atomic mass is 10.1. The molecule has 0 saturated carbocycles. The molecule has 0 saturated heterocycles. The lowest BCUT2D eigenvalue weighted by Crippen LogP contribution is -2.35. The van der Waals surface area contributed by atoms with Crippen molar-refractivity contribution in [1.82, 2.24) is 5.32 Å². The van der Waals surface area contributed by atoms with Gasteiger partial charge in [-0.2, -0.15) is 0 Å². The third kappa shape index (κ3) is 2.38. The van der Waals surface area contributed by atoms with Gasteiger partial charge in [0.2, 0.25) is 5.91 Å². The summed E-state index contributed by atoms with van der Waals surface area (Å²) in [5.74, 6) is -0.0158. The number of amides is 1. The van der Waals surface area contributed by atoms with Crippen molar-refractivity contribution in [3.63, 3.8) is 0 Å². The zero-order chi connectivity index (χ0) is 12.3. The Kier molecular flexibility index (Phi) is 3.28. The molecule has 2 rings (SSSR count). The molecule has 0 aromatic heterocycles. The van der Waals surface area contributed by atoms with Crippen molar-refractivity contribution < 1.29 is 4.79 Å². The minimum absolute atomic E-state index is 0.0158. The summed E-state index contributed by atoms with van der Waals surface area (Å²) in [5.41, 5.74) is 0.985. The van der Waals surface area contributed by atoms with Gasteiger partial charge in [0.25, 0.3) is 0 Å². The first-order valence-electron chi connectivity index (χ1n) is 5.68. The Morgan fingerprint density at radius 1 is 1.12 bits per heavy atom. The van der Waals surface area contributed by atoms with Crippen molar-refractivity contribution in [2.75, 3.05) is 12.4 Å². The zero-order valence-electron chi connectivity index (χ0n) is 10.0. The number of nitrogens with one attached hydrogen (secondary N) is 2. The monoisotopic (exact) mass is 228 g/mol. The fourth-order valence-electron chi connectivity index (χ4n) is 1.87. The Labute approximate surface area is 101 Å². The highest BCUT2D eigenvalue weighted by Crippen LogP contribution is 2.23. The van der Waals surface area contributed by atoms with Gasteiger partial charge >= 0.3 is 0 Å². The highest BCUT2D eigenvalue weighted by Gasteiger charge is 2.11. The molecule has 2 N–H and O–H groups in total. The highest BCUT2D eigenvalue weighted by atomic mass is 16.2. The predicted molar refractivity (Wildman–Crippen MR) is 71.1 cm³/mol. The quantitative estimate of drug-likeness (QED) is 0.847. The molecule has 3 nitrogen and oxygen atoms in total. The van der Waals surface area contributed by atoms with Crippen molar-refractivity contribution in [1.29, 1.82) is 0 Å². The molecule has 1 unspecified atom stereocenters. The number of carbonyl (C=O) groups is 1. The van der Waals surface area contributed by atoms with Gasteiger partial charge in [0, 0.05) is 18.1 Å². The van der Waals surface area contributed by atoms with Crippen molar-refractivity contribution >= 4 is 22.4 Å². The van der Waals surface area contributed by atoms with Crippen LogP contribution < -0.4 is 10.6 Å². The molecule has 0 spiro atoms. The second kappa shape index (κ2) is 4.87. The second-order valence-corrected chi connectivity index (χ2v) is 4.01. The summed E-state index contributed by atoms with van der Waals surface area (Å²) in [4.78, 5) is 11.5. The van der Waals surface area contributed by atoms with Crippen LogP contribution in [0.15, 0.2) is 42.5 Å². The highest BCUT2D eigenvalue weighted by molar-refractivity contribution is 5.95. The largest absolute Gasteiger partial charge is 0.373 e. The van der Waals surface area contributed by atoms with E-state index >= 15 is 0 Å². The summed E-state index contributed by atoms with van der Waals surface area (Å²) in [6.45, 7) is 1.85. The molecule has 0 heterocycles.